The molecule has 1 aromatic carbocycles. The molecule has 2 aromatic rings. The molecule has 1 aromatic heterocycles. The third-order valence-electron chi connectivity index (χ3n) is 6.10. The highest BCUT2D eigenvalue weighted by atomic mass is 16.5. The zero-order chi connectivity index (χ0) is 21.8. The average molecular weight is 428 g/mol. The second kappa shape index (κ2) is 9.83. The number of ether oxygens (including phenoxy) is 2. The van der Waals surface area contributed by atoms with Gasteiger partial charge in [-0.15, -0.1) is 0 Å². The van der Waals surface area contributed by atoms with Crippen LogP contribution >= 0.6 is 0 Å². The van der Waals surface area contributed by atoms with Gasteiger partial charge in [0.1, 0.15) is 5.75 Å². The summed E-state index contributed by atoms with van der Waals surface area (Å²) in [5.41, 5.74) is 2.59. The maximum atomic E-state index is 12.6. The molecule has 2 fully saturated rings. The monoisotopic (exact) mass is 427 g/mol. The van der Waals surface area contributed by atoms with E-state index in [9.17, 15) is 9.90 Å². The van der Waals surface area contributed by atoms with E-state index in [0.717, 1.165) is 35.4 Å². The van der Waals surface area contributed by atoms with Crippen LogP contribution in [-0.2, 0) is 22.7 Å². The Labute approximate surface area is 184 Å². The highest BCUT2D eigenvalue weighted by Crippen LogP contribution is 2.30. The quantitative estimate of drug-likeness (QED) is 0.733. The Bertz CT molecular complexity index is 881. The second-order valence-electron chi connectivity index (χ2n) is 8.78. The van der Waals surface area contributed by atoms with Gasteiger partial charge in [0.2, 0.25) is 5.91 Å². The van der Waals surface area contributed by atoms with E-state index in [1.165, 1.54) is 12.8 Å². The predicted molar refractivity (Wildman–Crippen MR) is 118 cm³/mol. The minimum absolute atomic E-state index is 0.0440. The number of aromatic nitrogens is 2. The maximum absolute atomic E-state index is 12.6. The van der Waals surface area contributed by atoms with Gasteiger partial charge >= 0.3 is 0 Å². The molecule has 1 N–H and O–H groups in total. The first-order chi connectivity index (χ1) is 15.0. The van der Waals surface area contributed by atoms with Crippen molar-refractivity contribution >= 4 is 5.91 Å². The Morgan fingerprint density at radius 1 is 1.19 bits per heavy atom. The molecule has 2 atom stereocenters. The molecule has 7 heteroatoms. The van der Waals surface area contributed by atoms with E-state index in [1.54, 1.807) is 0 Å². The van der Waals surface area contributed by atoms with Crippen molar-refractivity contribution in [1.29, 1.82) is 0 Å². The Morgan fingerprint density at radius 3 is 2.65 bits per heavy atom. The Morgan fingerprint density at radius 2 is 1.94 bits per heavy atom. The van der Waals surface area contributed by atoms with Crippen LogP contribution < -0.4 is 4.74 Å². The summed E-state index contributed by atoms with van der Waals surface area (Å²) in [5.74, 6) is 0.880. The van der Waals surface area contributed by atoms with Crippen molar-refractivity contribution in [2.24, 2.45) is 0 Å². The summed E-state index contributed by atoms with van der Waals surface area (Å²) < 4.78 is 13.7. The van der Waals surface area contributed by atoms with Gasteiger partial charge in [-0.1, -0.05) is 12.1 Å². The molecule has 0 bridgehead atoms. The SMILES string of the molecule is CC1CN(C(=O)CCn2ccc(-c3ccc(CO)c(OC4CCCC4)c3)n2)CC(C)O1. The molecular weight excluding hydrogens is 394 g/mol. The van der Waals surface area contributed by atoms with Crippen LogP contribution in [0.2, 0.25) is 0 Å². The molecule has 31 heavy (non-hydrogen) atoms. The molecule has 168 valence electrons. The van der Waals surface area contributed by atoms with E-state index in [0.29, 0.717) is 26.1 Å². The van der Waals surface area contributed by atoms with Gasteiger partial charge in [0.25, 0.3) is 0 Å². The van der Waals surface area contributed by atoms with E-state index >= 15 is 0 Å². The fourth-order valence-corrected chi connectivity index (χ4v) is 4.53. The summed E-state index contributed by atoms with van der Waals surface area (Å²) in [6.45, 7) is 5.80. The van der Waals surface area contributed by atoms with Gasteiger partial charge in [-0.05, 0) is 51.7 Å². The summed E-state index contributed by atoms with van der Waals surface area (Å²) >= 11 is 0. The standard InChI is InChI=1S/C24H33N3O4/c1-17-14-26(15-18(2)30-17)24(29)10-12-27-11-9-22(25-27)19-7-8-20(16-28)23(13-19)31-21-5-3-4-6-21/h7-9,11,13,17-18,21,28H,3-6,10,12,14-16H2,1-2H3. The van der Waals surface area contributed by atoms with Gasteiger partial charge in [0, 0.05) is 43.4 Å². The number of aliphatic hydroxyl groups excluding tert-OH is 1. The minimum Gasteiger partial charge on any atom is -0.490 e. The number of aliphatic hydroxyl groups is 1. The lowest BCUT2D eigenvalue weighted by Crippen LogP contribution is -2.48. The fraction of sp³-hybridized carbons (Fsp3) is 0.583. The Balaban J connectivity index is 1.39. The molecule has 1 amide bonds. The number of amides is 1. The number of nitrogens with zero attached hydrogens (tertiary/aromatic N) is 3. The van der Waals surface area contributed by atoms with Crippen LogP contribution in [0.15, 0.2) is 30.5 Å². The lowest BCUT2D eigenvalue weighted by molar-refractivity contribution is -0.143. The van der Waals surface area contributed by atoms with E-state index in [1.807, 2.05) is 53.9 Å². The van der Waals surface area contributed by atoms with Crippen LogP contribution in [0.25, 0.3) is 11.3 Å². The number of carbonyl (C=O) groups is 1. The number of carbonyl (C=O) groups excluding carboxylic acids is 1. The lowest BCUT2D eigenvalue weighted by Gasteiger charge is -2.35. The van der Waals surface area contributed by atoms with Crippen molar-refractivity contribution in [3.05, 3.63) is 36.0 Å². The van der Waals surface area contributed by atoms with Crippen molar-refractivity contribution in [2.75, 3.05) is 13.1 Å². The summed E-state index contributed by atoms with van der Waals surface area (Å²) in [6.07, 6.45) is 7.24. The average Bonchev–Trinajstić information content (AvgIpc) is 3.43. The molecule has 0 radical (unpaired) electrons. The van der Waals surface area contributed by atoms with Crippen LogP contribution in [0.3, 0.4) is 0 Å². The number of rotatable bonds is 7. The van der Waals surface area contributed by atoms with Crippen LogP contribution in [0.5, 0.6) is 5.75 Å². The largest absolute Gasteiger partial charge is 0.490 e. The highest BCUT2D eigenvalue weighted by Gasteiger charge is 2.25. The van der Waals surface area contributed by atoms with E-state index in [-0.39, 0.29) is 30.8 Å². The maximum Gasteiger partial charge on any atom is 0.224 e. The van der Waals surface area contributed by atoms with E-state index in [2.05, 4.69) is 5.10 Å². The molecule has 1 aliphatic heterocycles. The molecule has 2 heterocycles. The predicted octanol–water partition coefficient (Wildman–Crippen LogP) is 3.39. The molecule has 1 saturated carbocycles. The highest BCUT2D eigenvalue weighted by molar-refractivity contribution is 5.76. The van der Waals surface area contributed by atoms with Crippen molar-refractivity contribution in [3.63, 3.8) is 0 Å². The Hall–Kier alpha value is -2.38. The molecule has 1 saturated heterocycles. The minimum atomic E-state index is -0.0440. The van der Waals surface area contributed by atoms with E-state index in [4.69, 9.17) is 9.47 Å². The molecule has 0 spiro atoms. The van der Waals surface area contributed by atoms with Crippen molar-refractivity contribution in [3.8, 4) is 17.0 Å². The third kappa shape index (κ3) is 5.46. The Kier molecular flexibility index (Phi) is 6.92. The number of hydrogen-bond acceptors (Lipinski definition) is 5. The number of benzene rings is 1. The van der Waals surface area contributed by atoms with Crippen molar-refractivity contribution in [1.82, 2.24) is 14.7 Å². The third-order valence-corrected chi connectivity index (χ3v) is 6.10. The van der Waals surface area contributed by atoms with Crippen LogP contribution in [0, 0.1) is 0 Å². The van der Waals surface area contributed by atoms with Gasteiger partial charge in [-0.2, -0.15) is 5.10 Å². The number of morpholine rings is 1. The van der Waals surface area contributed by atoms with Gasteiger partial charge in [0.05, 0.1) is 30.6 Å². The summed E-state index contributed by atoms with van der Waals surface area (Å²) in [4.78, 5) is 14.5. The first kappa shape index (κ1) is 21.8. The van der Waals surface area contributed by atoms with Gasteiger partial charge in [0.15, 0.2) is 0 Å². The smallest absolute Gasteiger partial charge is 0.224 e. The first-order valence-corrected chi connectivity index (χ1v) is 11.4. The van der Waals surface area contributed by atoms with Gasteiger partial charge < -0.3 is 19.5 Å². The number of aryl methyl sites for hydroxylation is 1. The first-order valence-electron chi connectivity index (χ1n) is 11.4. The summed E-state index contributed by atoms with van der Waals surface area (Å²) in [5, 5.41) is 14.3. The van der Waals surface area contributed by atoms with Crippen LogP contribution in [0.1, 0.15) is 51.5 Å². The normalized spacial score (nSPS) is 22.1. The fourth-order valence-electron chi connectivity index (χ4n) is 4.53. The van der Waals surface area contributed by atoms with Crippen LogP contribution in [0.4, 0.5) is 0 Å². The molecule has 2 unspecified atom stereocenters. The van der Waals surface area contributed by atoms with Crippen molar-refractivity contribution < 1.29 is 19.4 Å². The lowest BCUT2D eigenvalue weighted by atomic mass is 10.1. The van der Waals surface area contributed by atoms with Gasteiger partial charge in [-0.3, -0.25) is 9.48 Å². The number of hydrogen-bond donors (Lipinski definition) is 1. The topological polar surface area (TPSA) is 76.8 Å². The zero-order valence-corrected chi connectivity index (χ0v) is 18.5. The molecule has 4 rings (SSSR count). The second-order valence-corrected chi connectivity index (χ2v) is 8.78. The molecule has 2 aliphatic rings. The van der Waals surface area contributed by atoms with E-state index < -0.39 is 0 Å². The molecule has 7 nitrogen and oxygen atoms in total. The van der Waals surface area contributed by atoms with Crippen molar-refractivity contribution in [2.45, 2.75) is 77.4 Å². The van der Waals surface area contributed by atoms with Crippen LogP contribution in [-0.4, -0.2) is 57.1 Å². The summed E-state index contributed by atoms with van der Waals surface area (Å²) in [7, 11) is 0. The molecule has 1 aliphatic carbocycles. The van der Waals surface area contributed by atoms with Gasteiger partial charge in [-0.25, -0.2) is 0 Å². The zero-order valence-electron chi connectivity index (χ0n) is 18.5. The molecular formula is C24H33N3O4. The summed E-state index contributed by atoms with van der Waals surface area (Å²) in [6, 6.07) is 7.79.